The molecule has 0 amide bonds. The molecule has 0 atom stereocenters. The number of ether oxygens (including phenoxy) is 4. The van der Waals surface area contributed by atoms with E-state index in [9.17, 15) is 19.2 Å². The van der Waals surface area contributed by atoms with E-state index < -0.39 is 37.5 Å². The van der Waals surface area contributed by atoms with Crippen molar-refractivity contribution in [3.05, 3.63) is 130 Å². The van der Waals surface area contributed by atoms with E-state index in [1.165, 1.54) is 0 Å². The van der Waals surface area contributed by atoms with Crippen LogP contribution in [0.2, 0.25) is 0 Å². The summed E-state index contributed by atoms with van der Waals surface area (Å²) in [7, 11) is 11.5. The van der Waals surface area contributed by atoms with Crippen LogP contribution in [0.25, 0.3) is 0 Å². The van der Waals surface area contributed by atoms with E-state index in [-0.39, 0.29) is 0 Å². The van der Waals surface area contributed by atoms with Crippen molar-refractivity contribution >= 4 is 35.3 Å². The summed E-state index contributed by atoms with van der Waals surface area (Å²) in [5.74, 6) is -2.08. The fraction of sp³-hybridized carbons (Fsp3) is 0.333. The summed E-state index contributed by atoms with van der Waals surface area (Å²) in [5, 5.41) is 0. The molecule has 0 aromatic heterocycles. The van der Waals surface area contributed by atoms with Gasteiger partial charge in [-0.3, -0.25) is 0 Å². The minimum Gasteiger partial charge on any atom is -0.424 e. The quantitative estimate of drug-likeness (QED) is 0.0941. The Hall–Kier alpha value is -5.72. The van der Waals surface area contributed by atoms with E-state index in [0.29, 0.717) is 35.3 Å². The summed E-state index contributed by atoms with van der Waals surface area (Å²) in [5.41, 5.74) is 5.06. The van der Waals surface area contributed by atoms with Crippen molar-refractivity contribution in [2.75, 3.05) is 78.8 Å². The van der Waals surface area contributed by atoms with E-state index in [2.05, 4.69) is 0 Å². The first-order valence-corrected chi connectivity index (χ1v) is 17.6. The normalized spacial score (nSPS) is 10.6. The van der Waals surface area contributed by atoms with Gasteiger partial charge in [-0.05, 0) is 89.6 Å². The number of hydrogen-bond donors (Lipinski definition) is 0. The van der Waals surface area contributed by atoms with Crippen LogP contribution in [0.4, 0.5) is 11.4 Å². The molecule has 0 fully saturated rings. The SMILES string of the molecule is CCN(C)c1ccccc1C(=O)OCOC(=O)c1ccccc1N(C)CC.CN(C)Cc1ccccc1C(=O)OCOC(=O)c1ccccc1CN(C)C. The lowest BCUT2D eigenvalue weighted by molar-refractivity contribution is -0.0183. The minimum atomic E-state index is -0.530. The van der Waals surface area contributed by atoms with Gasteiger partial charge in [-0.15, -0.1) is 0 Å². The van der Waals surface area contributed by atoms with Gasteiger partial charge >= 0.3 is 23.9 Å². The molecule has 0 saturated carbocycles. The number of nitrogens with zero attached hydrogens (tertiary/aromatic N) is 4. The molecule has 0 aliphatic heterocycles. The molecule has 0 N–H and O–H groups in total. The zero-order valence-electron chi connectivity index (χ0n) is 32.5. The second kappa shape index (κ2) is 21.7. The number of esters is 4. The van der Waals surface area contributed by atoms with E-state index >= 15 is 0 Å². The second-order valence-corrected chi connectivity index (χ2v) is 12.8. The van der Waals surface area contributed by atoms with Crippen LogP contribution in [0.1, 0.15) is 66.4 Å². The van der Waals surface area contributed by atoms with Gasteiger partial charge in [0.1, 0.15) is 0 Å². The van der Waals surface area contributed by atoms with Crippen molar-refractivity contribution < 1.29 is 38.1 Å². The predicted molar refractivity (Wildman–Crippen MR) is 210 cm³/mol. The molecule has 0 unspecified atom stereocenters. The lowest BCUT2D eigenvalue weighted by Crippen LogP contribution is -2.22. The molecule has 0 heterocycles. The molecule has 12 heteroatoms. The molecule has 12 nitrogen and oxygen atoms in total. The van der Waals surface area contributed by atoms with Gasteiger partial charge < -0.3 is 38.5 Å². The molecule has 0 spiro atoms. The maximum atomic E-state index is 12.4. The van der Waals surface area contributed by atoms with Crippen LogP contribution in [-0.2, 0) is 32.0 Å². The molecule has 0 bridgehead atoms. The van der Waals surface area contributed by atoms with Crippen LogP contribution in [0.3, 0.4) is 0 Å². The molecule has 0 aliphatic carbocycles. The maximum Gasteiger partial charge on any atom is 0.343 e. The molecule has 4 aromatic carbocycles. The Bertz CT molecular complexity index is 1710. The van der Waals surface area contributed by atoms with Crippen molar-refractivity contribution in [3.8, 4) is 0 Å². The van der Waals surface area contributed by atoms with Crippen molar-refractivity contribution in [3.63, 3.8) is 0 Å². The monoisotopic (exact) mass is 740 g/mol. The van der Waals surface area contributed by atoms with Crippen LogP contribution in [0.5, 0.6) is 0 Å². The molecule has 0 aliphatic rings. The number of para-hydroxylation sites is 2. The average molecular weight is 741 g/mol. The molecular weight excluding hydrogens is 688 g/mol. The molecule has 4 aromatic rings. The van der Waals surface area contributed by atoms with Crippen LogP contribution in [0, 0.1) is 0 Å². The number of benzene rings is 4. The van der Waals surface area contributed by atoms with E-state index in [1.807, 2.05) is 124 Å². The highest BCUT2D eigenvalue weighted by atomic mass is 16.7. The highest BCUT2D eigenvalue weighted by Gasteiger charge is 2.19. The second-order valence-electron chi connectivity index (χ2n) is 12.8. The molecule has 0 saturated heterocycles. The zero-order chi connectivity index (χ0) is 39.6. The Labute approximate surface area is 318 Å². The Kier molecular flexibility index (Phi) is 17.2. The Morgan fingerprint density at radius 3 is 1.02 bits per heavy atom. The van der Waals surface area contributed by atoms with Crippen molar-refractivity contribution in [2.24, 2.45) is 0 Å². The standard InChI is InChI=1S/2C21H26N2O4/c1-22(2)13-16-9-5-7-11-18(16)20(24)26-15-27-21(25)19-12-8-6-10-17(19)14-23(3)4;1-5-22(3)18-13-9-7-11-16(18)20(24)26-15-27-21(25)17-12-8-10-14-19(17)23(4)6-2/h5-12H,13-15H2,1-4H3;7-14H,5-6,15H2,1-4H3. The fourth-order valence-electron chi connectivity index (χ4n) is 5.28. The van der Waals surface area contributed by atoms with E-state index in [1.54, 1.807) is 48.5 Å². The van der Waals surface area contributed by atoms with E-state index in [4.69, 9.17) is 18.9 Å². The minimum absolute atomic E-state index is 0.426. The van der Waals surface area contributed by atoms with E-state index in [0.717, 1.165) is 35.6 Å². The zero-order valence-corrected chi connectivity index (χ0v) is 32.5. The number of hydrogen-bond acceptors (Lipinski definition) is 12. The number of carbonyl (C=O) groups is 4. The lowest BCUT2D eigenvalue weighted by atomic mass is 10.1. The van der Waals surface area contributed by atoms with Gasteiger partial charge in [-0.2, -0.15) is 0 Å². The fourth-order valence-corrected chi connectivity index (χ4v) is 5.28. The van der Waals surface area contributed by atoms with Gasteiger partial charge in [0.05, 0.1) is 33.6 Å². The summed E-state index contributed by atoms with van der Waals surface area (Å²) in [6, 6.07) is 28.8. The first kappa shape index (κ1) is 42.7. The summed E-state index contributed by atoms with van der Waals surface area (Å²) < 4.78 is 20.6. The summed E-state index contributed by atoms with van der Waals surface area (Å²) in [6.45, 7) is 5.85. The van der Waals surface area contributed by atoms with Crippen molar-refractivity contribution in [1.29, 1.82) is 0 Å². The molecule has 288 valence electrons. The predicted octanol–water partition coefficient (Wildman–Crippen LogP) is 6.35. The van der Waals surface area contributed by atoms with Crippen LogP contribution in [0.15, 0.2) is 97.1 Å². The number of rotatable bonds is 16. The van der Waals surface area contributed by atoms with Gasteiger partial charge in [-0.25, -0.2) is 19.2 Å². The van der Waals surface area contributed by atoms with Crippen LogP contribution in [-0.4, -0.2) is 103 Å². The highest BCUT2D eigenvalue weighted by molar-refractivity contribution is 5.97. The van der Waals surface area contributed by atoms with Gasteiger partial charge in [0, 0.05) is 40.3 Å². The lowest BCUT2D eigenvalue weighted by Gasteiger charge is -2.20. The smallest absolute Gasteiger partial charge is 0.343 e. The summed E-state index contributed by atoms with van der Waals surface area (Å²) in [6.07, 6.45) is 0. The van der Waals surface area contributed by atoms with Crippen molar-refractivity contribution in [2.45, 2.75) is 26.9 Å². The van der Waals surface area contributed by atoms with Gasteiger partial charge in [0.15, 0.2) is 0 Å². The Morgan fingerprint density at radius 2 is 0.704 bits per heavy atom. The third-order valence-corrected chi connectivity index (χ3v) is 8.23. The molecule has 0 radical (unpaired) electrons. The molecular formula is C42H52N4O8. The van der Waals surface area contributed by atoms with Gasteiger partial charge in [0.25, 0.3) is 0 Å². The highest BCUT2D eigenvalue weighted by Crippen LogP contribution is 2.22. The van der Waals surface area contributed by atoms with Crippen LogP contribution >= 0.6 is 0 Å². The topological polar surface area (TPSA) is 118 Å². The maximum absolute atomic E-state index is 12.4. The van der Waals surface area contributed by atoms with Crippen LogP contribution < -0.4 is 9.80 Å². The third-order valence-electron chi connectivity index (χ3n) is 8.23. The first-order valence-electron chi connectivity index (χ1n) is 17.6. The Balaban J connectivity index is 0.000000290. The molecule has 4 rings (SSSR count). The summed E-state index contributed by atoms with van der Waals surface area (Å²) in [4.78, 5) is 57.3. The van der Waals surface area contributed by atoms with Gasteiger partial charge in [0.2, 0.25) is 13.6 Å². The van der Waals surface area contributed by atoms with Crippen molar-refractivity contribution in [1.82, 2.24) is 9.80 Å². The number of carbonyl (C=O) groups excluding carboxylic acids is 4. The Morgan fingerprint density at radius 1 is 0.426 bits per heavy atom. The first-order chi connectivity index (χ1) is 25.9. The third kappa shape index (κ3) is 12.7. The molecule has 54 heavy (non-hydrogen) atoms. The summed E-state index contributed by atoms with van der Waals surface area (Å²) >= 11 is 0. The number of anilines is 2. The van der Waals surface area contributed by atoms with Gasteiger partial charge in [-0.1, -0.05) is 60.7 Å². The largest absolute Gasteiger partial charge is 0.424 e. The average Bonchev–Trinajstić information content (AvgIpc) is 3.17.